The molecule has 0 spiro atoms. The molecule has 3 aromatic rings. The molecule has 0 radical (unpaired) electrons. The third-order valence-corrected chi connectivity index (χ3v) is 3.98. The molecule has 9 heteroatoms. The van der Waals surface area contributed by atoms with Crippen LogP contribution < -0.4 is 15.8 Å². The van der Waals surface area contributed by atoms with Gasteiger partial charge in [-0.3, -0.25) is 10.1 Å². The molecule has 0 saturated carbocycles. The standard InChI is InChI=1S/C15H11FN4O3S/c16-9-3-1-8(2-4-9)10-6-24-14-12(10)13(18-7-19-14)23-5-11(21)20-15(17)22/h1-4,6-7H,5H2,(H3,17,20,21,22). The summed E-state index contributed by atoms with van der Waals surface area (Å²) < 4.78 is 18.5. The number of hydrogen-bond acceptors (Lipinski definition) is 6. The molecule has 3 amide bonds. The average molecular weight is 346 g/mol. The van der Waals surface area contributed by atoms with E-state index < -0.39 is 18.5 Å². The number of urea groups is 1. The summed E-state index contributed by atoms with van der Waals surface area (Å²) in [5, 5.41) is 4.36. The van der Waals surface area contributed by atoms with E-state index in [2.05, 4.69) is 9.97 Å². The molecule has 0 aliphatic carbocycles. The second kappa shape index (κ2) is 6.59. The first kappa shape index (κ1) is 15.8. The van der Waals surface area contributed by atoms with Gasteiger partial charge in [0.05, 0.1) is 5.39 Å². The van der Waals surface area contributed by atoms with E-state index in [1.807, 2.05) is 10.7 Å². The molecule has 0 atom stereocenters. The number of carbonyl (C=O) groups excluding carboxylic acids is 2. The van der Waals surface area contributed by atoms with Crippen LogP contribution in [0.5, 0.6) is 5.88 Å². The predicted octanol–water partition coefficient (Wildman–Crippen LogP) is 2.07. The number of nitrogens with zero attached hydrogens (tertiary/aromatic N) is 2. The van der Waals surface area contributed by atoms with Crippen LogP contribution in [0.2, 0.25) is 0 Å². The van der Waals surface area contributed by atoms with Gasteiger partial charge in [0.25, 0.3) is 5.91 Å². The molecule has 7 nitrogen and oxygen atoms in total. The summed E-state index contributed by atoms with van der Waals surface area (Å²) in [6, 6.07) is 5.01. The largest absolute Gasteiger partial charge is 0.467 e. The number of aromatic nitrogens is 2. The highest BCUT2D eigenvalue weighted by atomic mass is 32.1. The van der Waals surface area contributed by atoms with E-state index in [0.29, 0.717) is 10.2 Å². The molecule has 3 rings (SSSR count). The Hall–Kier alpha value is -3.07. The van der Waals surface area contributed by atoms with Gasteiger partial charge in [0.2, 0.25) is 5.88 Å². The van der Waals surface area contributed by atoms with Crippen LogP contribution in [0, 0.1) is 5.82 Å². The lowest BCUT2D eigenvalue weighted by atomic mass is 10.1. The van der Waals surface area contributed by atoms with Gasteiger partial charge in [-0.25, -0.2) is 19.2 Å². The number of thiophene rings is 1. The highest BCUT2D eigenvalue weighted by molar-refractivity contribution is 7.17. The topological polar surface area (TPSA) is 107 Å². The normalized spacial score (nSPS) is 10.5. The summed E-state index contributed by atoms with van der Waals surface area (Å²) in [6.07, 6.45) is 1.31. The molecule has 2 heterocycles. The first-order chi connectivity index (χ1) is 11.5. The van der Waals surface area contributed by atoms with Gasteiger partial charge in [-0.1, -0.05) is 12.1 Å². The zero-order valence-corrected chi connectivity index (χ0v) is 13.0. The molecular formula is C15H11FN4O3S. The maximum Gasteiger partial charge on any atom is 0.318 e. The van der Waals surface area contributed by atoms with Gasteiger partial charge in [0, 0.05) is 10.9 Å². The molecule has 0 fully saturated rings. The third-order valence-electron chi connectivity index (χ3n) is 3.09. The molecule has 24 heavy (non-hydrogen) atoms. The summed E-state index contributed by atoms with van der Waals surface area (Å²) in [6.45, 7) is -0.423. The lowest BCUT2D eigenvalue weighted by molar-refractivity contribution is -0.121. The number of fused-ring (bicyclic) bond motifs is 1. The van der Waals surface area contributed by atoms with Crippen LogP contribution in [-0.2, 0) is 4.79 Å². The number of ether oxygens (including phenoxy) is 1. The van der Waals surface area contributed by atoms with Crippen molar-refractivity contribution in [2.45, 2.75) is 0 Å². The number of hydrogen-bond donors (Lipinski definition) is 2. The summed E-state index contributed by atoms with van der Waals surface area (Å²) in [7, 11) is 0. The molecule has 122 valence electrons. The van der Waals surface area contributed by atoms with Crippen molar-refractivity contribution in [1.29, 1.82) is 0 Å². The van der Waals surface area contributed by atoms with Crippen molar-refractivity contribution in [3.8, 4) is 17.0 Å². The lowest BCUT2D eigenvalue weighted by Crippen LogP contribution is -2.38. The Morgan fingerprint density at radius 2 is 2.00 bits per heavy atom. The van der Waals surface area contributed by atoms with Crippen LogP contribution in [0.1, 0.15) is 0 Å². The van der Waals surface area contributed by atoms with E-state index >= 15 is 0 Å². The molecule has 0 aliphatic heterocycles. The van der Waals surface area contributed by atoms with Crippen molar-refractivity contribution in [3.63, 3.8) is 0 Å². The fraction of sp³-hybridized carbons (Fsp3) is 0.0667. The number of imide groups is 1. The Balaban J connectivity index is 1.94. The second-order valence-electron chi connectivity index (χ2n) is 4.72. The molecule has 0 saturated heterocycles. The lowest BCUT2D eigenvalue weighted by Gasteiger charge is -2.07. The maximum atomic E-state index is 13.1. The first-order valence-electron chi connectivity index (χ1n) is 6.75. The third kappa shape index (κ3) is 3.30. The van der Waals surface area contributed by atoms with E-state index in [1.54, 1.807) is 12.1 Å². The zero-order valence-electron chi connectivity index (χ0n) is 12.2. The van der Waals surface area contributed by atoms with E-state index in [-0.39, 0.29) is 11.7 Å². The molecule has 3 N–H and O–H groups in total. The Morgan fingerprint density at radius 1 is 1.25 bits per heavy atom. The Bertz CT molecular complexity index is 911. The van der Waals surface area contributed by atoms with Gasteiger partial charge in [-0.15, -0.1) is 11.3 Å². The molecule has 2 aromatic heterocycles. The second-order valence-corrected chi connectivity index (χ2v) is 5.57. The van der Waals surface area contributed by atoms with Crippen LogP contribution >= 0.6 is 11.3 Å². The molecule has 0 bridgehead atoms. The smallest absolute Gasteiger partial charge is 0.318 e. The van der Waals surface area contributed by atoms with Crippen LogP contribution in [0.15, 0.2) is 36.0 Å². The van der Waals surface area contributed by atoms with Gasteiger partial charge in [-0.05, 0) is 17.7 Å². The van der Waals surface area contributed by atoms with E-state index in [4.69, 9.17) is 10.5 Å². The quantitative estimate of drug-likeness (QED) is 0.752. The molecule has 0 unspecified atom stereocenters. The fourth-order valence-corrected chi connectivity index (χ4v) is 3.01. The Morgan fingerprint density at radius 3 is 2.71 bits per heavy atom. The minimum atomic E-state index is -0.959. The Kier molecular flexibility index (Phi) is 4.34. The highest BCUT2D eigenvalue weighted by Crippen LogP contribution is 2.37. The zero-order chi connectivity index (χ0) is 17.1. The number of nitrogens with two attached hydrogens (primary N) is 1. The van der Waals surface area contributed by atoms with E-state index in [9.17, 15) is 14.0 Å². The van der Waals surface area contributed by atoms with Crippen molar-refractivity contribution in [2.75, 3.05) is 6.61 Å². The van der Waals surface area contributed by atoms with Crippen LogP contribution in [0.25, 0.3) is 21.3 Å². The maximum absolute atomic E-state index is 13.1. The van der Waals surface area contributed by atoms with Gasteiger partial charge in [0.1, 0.15) is 17.0 Å². The SMILES string of the molecule is NC(=O)NC(=O)COc1ncnc2scc(-c3ccc(F)cc3)c12. The minimum absolute atomic E-state index is 0.195. The summed E-state index contributed by atoms with van der Waals surface area (Å²) in [4.78, 5) is 31.0. The van der Waals surface area contributed by atoms with Gasteiger partial charge >= 0.3 is 6.03 Å². The monoisotopic (exact) mass is 346 g/mol. The van der Waals surface area contributed by atoms with Crippen molar-refractivity contribution in [3.05, 3.63) is 41.8 Å². The van der Waals surface area contributed by atoms with Crippen molar-refractivity contribution in [2.24, 2.45) is 5.73 Å². The number of halogens is 1. The summed E-state index contributed by atoms with van der Waals surface area (Å²) in [5.74, 6) is -0.831. The molecule has 1 aromatic carbocycles. The minimum Gasteiger partial charge on any atom is -0.467 e. The van der Waals surface area contributed by atoms with Gasteiger partial charge in [-0.2, -0.15) is 0 Å². The van der Waals surface area contributed by atoms with E-state index in [0.717, 1.165) is 11.1 Å². The van der Waals surface area contributed by atoms with Crippen LogP contribution in [-0.4, -0.2) is 28.5 Å². The van der Waals surface area contributed by atoms with Crippen LogP contribution in [0.4, 0.5) is 9.18 Å². The number of primary amides is 1. The average Bonchev–Trinajstić information content (AvgIpc) is 2.97. The highest BCUT2D eigenvalue weighted by Gasteiger charge is 2.15. The van der Waals surface area contributed by atoms with Crippen LogP contribution in [0.3, 0.4) is 0 Å². The number of amides is 3. The molecule has 0 aliphatic rings. The summed E-state index contributed by atoms with van der Waals surface area (Å²) >= 11 is 1.37. The van der Waals surface area contributed by atoms with Crippen molar-refractivity contribution >= 4 is 33.5 Å². The molecular weight excluding hydrogens is 335 g/mol. The predicted molar refractivity (Wildman–Crippen MR) is 86.0 cm³/mol. The van der Waals surface area contributed by atoms with Gasteiger partial charge < -0.3 is 10.5 Å². The Labute approximate surface area is 139 Å². The van der Waals surface area contributed by atoms with Crippen molar-refractivity contribution in [1.82, 2.24) is 15.3 Å². The number of rotatable bonds is 4. The van der Waals surface area contributed by atoms with Gasteiger partial charge in [0.15, 0.2) is 6.61 Å². The fourth-order valence-electron chi connectivity index (χ4n) is 2.11. The number of carbonyl (C=O) groups is 2. The number of benzene rings is 1. The van der Waals surface area contributed by atoms with E-state index in [1.165, 1.54) is 29.8 Å². The van der Waals surface area contributed by atoms with Crippen molar-refractivity contribution < 1.29 is 18.7 Å². The summed E-state index contributed by atoms with van der Waals surface area (Å²) in [5.41, 5.74) is 6.40. The number of nitrogens with one attached hydrogen (secondary N) is 1. The first-order valence-corrected chi connectivity index (χ1v) is 7.63.